The van der Waals surface area contributed by atoms with Gasteiger partial charge in [0.15, 0.2) is 0 Å². The summed E-state index contributed by atoms with van der Waals surface area (Å²) in [6.45, 7) is 0.138. The van der Waals surface area contributed by atoms with Gasteiger partial charge in [-0.25, -0.2) is 4.39 Å². The summed E-state index contributed by atoms with van der Waals surface area (Å²) in [5, 5.41) is 17.8. The highest BCUT2D eigenvalue weighted by molar-refractivity contribution is 5.69. The van der Waals surface area contributed by atoms with Gasteiger partial charge in [-0.15, -0.1) is 0 Å². The predicted molar refractivity (Wildman–Crippen MR) is 71.4 cm³/mol. The lowest BCUT2D eigenvalue weighted by molar-refractivity contribution is -0.139. The molecule has 0 bridgehead atoms. The number of hydrogen-bond acceptors (Lipinski definition) is 3. The van der Waals surface area contributed by atoms with Crippen LogP contribution >= 0.6 is 0 Å². The molecule has 106 valence electrons. The normalized spacial score (nSPS) is 15.4. The molecule has 1 aromatic carbocycles. The highest BCUT2D eigenvalue weighted by atomic mass is 19.1. The van der Waals surface area contributed by atoms with E-state index in [9.17, 15) is 9.18 Å². The fraction of sp³-hybridized carbons (Fsp3) is 0.467. The number of nitrogens with zero attached hydrogens (tertiary/aromatic N) is 2. The van der Waals surface area contributed by atoms with Gasteiger partial charge in [0.05, 0.1) is 12.1 Å². The number of carboxylic acids is 1. The van der Waals surface area contributed by atoms with Crippen LogP contribution in [0.5, 0.6) is 0 Å². The maximum Gasteiger partial charge on any atom is 0.317 e. The van der Waals surface area contributed by atoms with Gasteiger partial charge in [-0.2, -0.15) is 5.26 Å². The second-order valence-corrected chi connectivity index (χ2v) is 5.13. The summed E-state index contributed by atoms with van der Waals surface area (Å²) >= 11 is 0. The number of rotatable bonds is 5. The maximum absolute atomic E-state index is 14.1. The molecule has 1 saturated carbocycles. The number of carbonyl (C=O) groups is 1. The van der Waals surface area contributed by atoms with Crippen LogP contribution in [-0.2, 0) is 11.3 Å². The Morgan fingerprint density at radius 3 is 2.75 bits per heavy atom. The minimum atomic E-state index is -0.909. The lowest BCUT2D eigenvalue weighted by atomic mass is 10.1. The summed E-state index contributed by atoms with van der Waals surface area (Å²) in [5.74, 6) is -1.45. The number of hydrogen-bond donors (Lipinski definition) is 1. The maximum atomic E-state index is 14.1. The molecule has 0 atom stereocenters. The molecule has 20 heavy (non-hydrogen) atoms. The van der Waals surface area contributed by atoms with Crippen molar-refractivity contribution < 1.29 is 14.3 Å². The van der Waals surface area contributed by atoms with Gasteiger partial charge in [0.25, 0.3) is 0 Å². The van der Waals surface area contributed by atoms with Crippen molar-refractivity contribution >= 4 is 5.97 Å². The van der Waals surface area contributed by atoms with Crippen molar-refractivity contribution in [2.24, 2.45) is 0 Å². The summed E-state index contributed by atoms with van der Waals surface area (Å²) in [5.41, 5.74) is 0.390. The minimum absolute atomic E-state index is 0.00389. The van der Waals surface area contributed by atoms with Crippen LogP contribution < -0.4 is 0 Å². The molecule has 0 aromatic heterocycles. The van der Waals surface area contributed by atoms with E-state index in [4.69, 9.17) is 10.4 Å². The van der Waals surface area contributed by atoms with Gasteiger partial charge in [-0.05, 0) is 18.9 Å². The first-order valence-corrected chi connectivity index (χ1v) is 6.75. The Labute approximate surface area is 117 Å². The molecule has 1 aliphatic rings. The molecule has 0 radical (unpaired) electrons. The van der Waals surface area contributed by atoms with Gasteiger partial charge in [-0.3, -0.25) is 9.69 Å². The van der Waals surface area contributed by atoms with Gasteiger partial charge in [-0.1, -0.05) is 25.0 Å². The third-order valence-electron chi connectivity index (χ3n) is 3.75. The average molecular weight is 276 g/mol. The Morgan fingerprint density at radius 1 is 1.45 bits per heavy atom. The Balaban J connectivity index is 2.19. The monoisotopic (exact) mass is 276 g/mol. The second kappa shape index (κ2) is 6.49. The van der Waals surface area contributed by atoms with E-state index < -0.39 is 11.8 Å². The molecule has 0 spiro atoms. The number of halogens is 1. The molecule has 2 rings (SSSR count). The molecule has 5 heteroatoms. The molecule has 0 unspecified atom stereocenters. The number of benzene rings is 1. The average Bonchev–Trinajstić information content (AvgIpc) is 2.93. The van der Waals surface area contributed by atoms with E-state index in [0.29, 0.717) is 5.56 Å². The van der Waals surface area contributed by atoms with Gasteiger partial charge in [0.1, 0.15) is 11.9 Å². The Morgan fingerprint density at radius 2 is 2.15 bits per heavy atom. The quantitative estimate of drug-likeness (QED) is 0.897. The number of aliphatic carboxylic acids is 1. The first-order valence-electron chi connectivity index (χ1n) is 6.75. The smallest absolute Gasteiger partial charge is 0.317 e. The van der Waals surface area contributed by atoms with Crippen LogP contribution in [0.15, 0.2) is 18.2 Å². The van der Waals surface area contributed by atoms with E-state index in [2.05, 4.69) is 0 Å². The van der Waals surface area contributed by atoms with Gasteiger partial charge in [0.2, 0.25) is 0 Å². The van der Waals surface area contributed by atoms with E-state index in [1.165, 1.54) is 6.07 Å². The van der Waals surface area contributed by atoms with Crippen molar-refractivity contribution in [3.05, 3.63) is 35.1 Å². The van der Waals surface area contributed by atoms with Crippen LogP contribution in [-0.4, -0.2) is 28.6 Å². The van der Waals surface area contributed by atoms with Crippen LogP contribution in [0.3, 0.4) is 0 Å². The molecule has 1 fully saturated rings. The van der Waals surface area contributed by atoms with Crippen LogP contribution in [0.2, 0.25) is 0 Å². The van der Waals surface area contributed by atoms with E-state index in [0.717, 1.165) is 25.7 Å². The molecular weight excluding hydrogens is 259 g/mol. The SMILES string of the molecule is N#Cc1cccc(CN(CC(=O)O)C2CCCC2)c1F. The molecular formula is C15H17FN2O2. The van der Waals surface area contributed by atoms with Crippen LogP contribution in [0.25, 0.3) is 0 Å². The molecule has 4 nitrogen and oxygen atoms in total. The van der Waals surface area contributed by atoms with Gasteiger partial charge >= 0.3 is 5.97 Å². The topological polar surface area (TPSA) is 64.3 Å². The van der Waals surface area contributed by atoms with Crippen molar-refractivity contribution in [1.82, 2.24) is 4.90 Å². The Bertz CT molecular complexity index is 533. The lowest BCUT2D eigenvalue weighted by Crippen LogP contribution is -2.37. The van der Waals surface area contributed by atoms with Crippen molar-refractivity contribution in [1.29, 1.82) is 5.26 Å². The fourth-order valence-electron chi connectivity index (χ4n) is 2.76. The van der Waals surface area contributed by atoms with Crippen molar-refractivity contribution in [3.63, 3.8) is 0 Å². The summed E-state index contributed by atoms with van der Waals surface area (Å²) in [7, 11) is 0. The first kappa shape index (κ1) is 14.5. The van der Waals surface area contributed by atoms with Crippen molar-refractivity contribution in [2.75, 3.05) is 6.54 Å². The van der Waals surface area contributed by atoms with E-state index in [-0.39, 0.29) is 24.7 Å². The third kappa shape index (κ3) is 3.34. The molecule has 0 amide bonds. The zero-order valence-electron chi connectivity index (χ0n) is 11.2. The fourth-order valence-corrected chi connectivity index (χ4v) is 2.76. The van der Waals surface area contributed by atoms with Crippen LogP contribution in [0, 0.1) is 17.1 Å². The first-order chi connectivity index (χ1) is 9.61. The highest BCUT2D eigenvalue weighted by Crippen LogP contribution is 2.25. The molecule has 1 N–H and O–H groups in total. The Hall–Kier alpha value is -1.93. The predicted octanol–water partition coefficient (Wildman–Crippen LogP) is 2.53. The molecule has 0 heterocycles. The summed E-state index contributed by atoms with van der Waals surface area (Å²) in [6, 6.07) is 6.67. The lowest BCUT2D eigenvalue weighted by Gasteiger charge is -2.27. The highest BCUT2D eigenvalue weighted by Gasteiger charge is 2.25. The van der Waals surface area contributed by atoms with Crippen molar-refractivity contribution in [3.8, 4) is 6.07 Å². The third-order valence-corrected chi connectivity index (χ3v) is 3.75. The molecule has 0 aliphatic heterocycles. The van der Waals surface area contributed by atoms with Gasteiger partial charge < -0.3 is 5.11 Å². The minimum Gasteiger partial charge on any atom is -0.480 e. The van der Waals surface area contributed by atoms with E-state index in [1.54, 1.807) is 17.0 Å². The number of carboxylic acid groups (broad SMARTS) is 1. The molecule has 0 saturated heterocycles. The molecule has 1 aromatic rings. The number of nitriles is 1. The molecule has 1 aliphatic carbocycles. The summed E-state index contributed by atoms with van der Waals surface area (Å²) in [6.07, 6.45) is 4.07. The summed E-state index contributed by atoms with van der Waals surface area (Å²) < 4.78 is 14.1. The van der Waals surface area contributed by atoms with Gasteiger partial charge in [0, 0.05) is 18.2 Å². The van der Waals surface area contributed by atoms with Crippen molar-refractivity contribution in [2.45, 2.75) is 38.3 Å². The summed E-state index contributed by atoms with van der Waals surface area (Å²) in [4.78, 5) is 12.8. The second-order valence-electron chi connectivity index (χ2n) is 5.13. The largest absolute Gasteiger partial charge is 0.480 e. The standard InChI is InChI=1S/C15H17FN2O2/c16-15-11(8-17)4-3-5-12(15)9-18(10-14(19)20)13-6-1-2-7-13/h3-5,13H,1-2,6-7,9-10H2,(H,19,20). The zero-order valence-corrected chi connectivity index (χ0v) is 11.2. The van der Waals surface area contributed by atoms with Crippen LogP contribution in [0.1, 0.15) is 36.8 Å². The van der Waals surface area contributed by atoms with E-state index >= 15 is 0 Å². The zero-order chi connectivity index (χ0) is 14.5. The van der Waals surface area contributed by atoms with E-state index in [1.807, 2.05) is 6.07 Å². The Kier molecular flexibility index (Phi) is 4.70. The van der Waals surface area contributed by atoms with Crippen LogP contribution in [0.4, 0.5) is 4.39 Å².